The van der Waals surface area contributed by atoms with Gasteiger partial charge in [0.25, 0.3) is 5.91 Å². The molecule has 0 aliphatic carbocycles. The molecule has 4 rings (SSSR count). The number of fused-ring (bicyclic) bond motifs is 1. The van der Waals surface area contributed by atoms with E-state index < -0.39 is 39.9 Å². The summed E-state index contributed by atoms with van der Waals surface area (Å²) >= 11 is 0. The Kier molecular flexibility index (Phi) is 7.23. The van der Waals surface area contributed by atoms with Crippen LogP contribution in [0.1, 0.15) is 16.2 Å². The van der Waals surface area contributed by atoms with Crippen LogP contribution >= 0.6 is 0 Å². The Hall–Kier alpha value is -3.17. The molecule has 0 fully saturated rings. The van der Waals surface area contributed by atoms with Crippen LogP contribution in [0.15, 0.2) is 18.5 Å². The predicted octanol–water partition coefficient (Wildman–Crippen LogP) is -4.37. The molecule has 14 radical (unpaired) electrons. The Bertz CT molecular complexity index is 1380. The van der Waals surface area contributed by atoms with Crippen LogP contribution < -0.4 is 47.7 Å². The third-order valence-corrected chi connectivity index (χ3v) is 5.71. The number of carbonyl (C=O) groups is 1. The highest BCUT2D eigenvalue weighted by atomic mass is 19.4. The topological polar surface area (TPSA) is 64.6 Å². The monoisotopic (exact) mass is 485 g/mol. The number of aromatic nitrogens is 2. The Morgan fingerprint density at radius 1 is 0.838 bits per heavy atom. The van der Waals surface area contributed by atoms with Gasteiger partial charge in [-0.05, 0) is 17.2 Å². The molecule has 0 unspecified atom stereocenters. The summed E-state index contributed by atoms with van der Waals surface area (Å²) < 4.78 is 48.3. The van der Waals surface area contributed by atoms with Crippen molar-refractivity contribution in [3.63, 3.8) is 0 Å². The minimum absolute atomic E-state index is 0.0230. The summed E-state index contributed by atoms with van der Waals surface area (Å²) in [5.41, 5.74) is -3.45. The van der Waals surface area contributed by atoms with E-state index in [9.17, 15) is 18.0 Å². The first-order valence-corrected chi connectivity index (χ1v) is 10.5. The summed E-state index contributed by atoms with van der Waals surface area (Å²) in [5.74, 6) is -1.30. The summed E-state index contributed by atoms with van der Waals surface area (Å²) in [7, 11) is 42.6. The first kappa shape index (κ1) is 26.9. The van der Waals surface area contributed by atoms with E-state index in [2.05, 4.69) is 14.7 Å². The van der Waals surface area contributed by atoms with E-state index in [0.29, 0.717) is 5.82 Å². The first-order chi connectivity index (χ1) is 17.3. The van der Waals surface area contributed by atoms with E-state index in [0.717, 1.165) is 0 Å². The average Bonchev–Trinajstić information content (AvgIpc) is 3.00. The molecule has 2 heterocycles. The molecule has 0 saturated heterocycles. The summed E-state index contributed by atoms with van der Waals surface area (Å²) in [6.07, 6.45) is -2.09. The highest BCUT2D eigenvalue weighted by molar-refractivity contribution is 6.64. The van der Waals surface area contributed by atoms with Gasteiger partial charge >= 0.3 is 6.36 Å². The van der Waals surface area contributed by atoms with Crippen LogP contribution in [0.25, 0.3) is 11.1 Å². The van der Waals surface area contributed by atoms with E-state index in [4.69, 9.17) is 59.7 Å². The van der Waals surface area contributed by atoms with Gasteiger partial charge in [0.05, 0.1) is 18.7 Å². The van der Waals surface area contributed by atoms with Crippen molar-refractivity contribution in [2.75, 3.05) is 13.2 Å². The smallest absolute Gasteiger partial charge is 0.492 e. The molecule has 168 valence electrons. The van der Waals surface area contributed by atoms with E-state index in [1.54, 1.807) is 6.07 Å². The van der Waals surface area contributed by atoms with Crippen LogP contribution in [0.3, 0.4) is 0 Å². The van der Waals surface area contributed by atoms with Crippen molar-refractivity contribution in [1.29, 1.82) is 0 Å². The lowest BCUT2D eigenvalue weighted by Gasteiger charge is -2.28. The number of alkyl halides is 3. The number of carbonyl (C=O) groups excluding carboxylic acids is 1. The molecule has 3 aromatic rings. The van der Waals surface area contributed by atoms with Gasteiger partial charge in [-0.2, -0.15) is 0 Å². The molecule has 1 aliphatic rings. The van der Waals surface area contributed by atoms with E-state index in [1.807, 2.05) is 0 Å². The number of rotatable bonds is 4. The van der Waals surface area contributed by atoms with Gasteiger partial charge in [-0.3, -0.25) is 4.79 Å². The highest BCUT2D eigenvalue weighted by Gasteiger charge is 2.34. The van der Waals surface area contributed by atoms with Crippen LogP contribution in [-0.4, -0.2) is 95.2 Å². The normalized spacial score (nSPS) is 13.6. The highest BCUT2D eigenvalue weighted by Crippen LogP contribution is 2.24. The lowest BCUT2D eigenvalue weighted by molar-refractivity contribution is -0.273. The minimum atomic E-state index is -5.13. The summed E-state index contributed by atoms with van der Waals surface area (Å²) in [4.78, 5) is 23.2. The second-order valence-corrected chi connectivity index (χ2v) is 7.97. The standard InChI is InChI=1S/C21H9B7F3N3O3/c22-11-8(9-13(24)16(27)19(17(28)14(9)25)37-21(29,30)31)12(23)15(26)18-10(11)20(35)34(4-5-36-18)6-7-32-2-1-3-33-7/h1-3H,4-6H2. The fourth-order valence-corrected chi connectivity index (χ4v) is 3.97. The van der Waals surface area contributed by atoms with Crippen LogP contribution in [0, 0.1) is 0 Å². The largest absolute Gasteiger partial charge is 0.573 e. The molecule has 0 spiro atoms. The van der Waals surface area contributed by atoms with Crippen LogP contribution in [0.4, 0.5) is 13.2 Å². The van der Waals surface area contributed by atoms with E-state index >= 15 is 0 Å². The van der Waals surface area contributed by atoms with Crippen molar-refractivity contribution in [2.45, 2.75) is 12.9 Å². The SMILES string of the molecule is [B]c1c([B])c(-c2c([B])c([B])c3c(c2[B])C(=O)N(Cc2ncccn2)CCO3)c([B])c([B])c1OC(F)(F)F. The Morgan fingerprint density at radius 3 is 1.95 bits per heavy atom. The number of nitrogens with zero attached hydrogens (tertiary/aromatic N) is 3. The Morgan fingerprint density at radius 2 is 1.38 bits per heavy atom. The first-order valence-electron chi connectivity index (χ1n) is 10.5. The zero-order valence-corrected chi connectivity index (χ0v) is 19.1. The number of hydrogen-bond acceptors (Lipinski definition) is 5. The third kappa shape index (κ3) is 4.90. The zero-order valence-electron chi connectivity index (χ0n) is 19.1. The van der Waals surface area contributed by atoms with Crippen LogP contribution in [0.5, 0.6) is 11.5 Å². The summed E-state index contributed by atoms with van der Waals surface area (Å²) in [5, 5.41) is 0. The second kappa shape index (κ2) is 9.95. The molecular weight excluding hydrogens is 475 g/mol. The summed E-state index contributed by atoms with van der Waals surface area (Å²) in [6.45, 7) is 0.199. The number of ether oxygens (including phenoxy) is 2. The maximum absolute atomic E-state index is 13.6. The van der Waals surface area contributed by atoms with Crippen molar-refractivity contribution < 1.29 is 27.4 Å². The molecule has 2 aromatic carbocycles. The van der Waals surface area contributed by atoms with Crippen molar-refractivity contribution in [3.8, 4) is 22.6 Å². The molecule has 1 amide bonds. The predicted molar refractivity (Wildman–Crippen MR) is 139 cm³/mol. The molecule has 37 heavy (non-hydrogen) atoms. The Balaban J connectivity index is 1.92. The minimum Gasteiger partial charge on any atom is -0.492 e. The average molecular weight is 484 g/mol. The third-order valence-electron chi connectivity index (χ3n) is 5.71. The van der Waals surface area contributed by atoms with Gasteiger partial charge in [-0.1, -0.05) is 38.2 Å². The van der Waals surface area contributed by atoms with Gasteiger partial charge in [0.1, 0.15) is 78.9 Å². The van der Waals surface area contributed by atoms with Crippen molar-refractivity contribution in [3.05, 3.63) is 29.8 Å². The maximum atomic E-state index is 13.6. The lowest BCUT2D eigenvalue weighted by Crippen LogP contribution is -2.48. The molecule has 0 atom stereocenters. The molecule has 16 heteroatoms. The fourth-order valence-electron chi connectivity index (χ4n) is 3.97. The van der Waals surface area contributed by atoms with Crippen LogP contribution in [0.2, 0.25) is 0 Å². The summed E-state index contributed by atoms with van der Waals surface area (Å²) in [6, 6.07) is 1.62. The molecule has 0 bridgehead atoms. The van der Waals surface area contributed by atoms with Gasteiger partial charge in [-0.25, -0.2) is 9.97 Å². The fraction of sp³-hybridized carbons (Fsp3) is 0.190. The number of benzene rings is 2. The van der Waals surface area contributed by atoms with E-state index in [1.165, 1.54) is 17.3 Å². The molecule has 1 aliphatic heterocycles. The number of hydrogen-bond donors (Lipinski definition) is 0. The van der Waals surface area contributed by atoms with Gasteiger partial charge in [0.2, 0.25) is 0 Å². The van der Waals surface area contributed by atoms with Gasteiger partial charge in [0.15, 0.2) is 0 Å². The van der Waals surface area contributed by atoms with Crippen LogP contribution in [-0.2, 0) is 6.54 Å². The Labute approximate surface area is 220 Å². The van der Waals surface area contributed by atoms with Crippen molar-refractivity contribution >= 4 is 99.1 Å². The van der Waals surface area contributed by atoms with Crippen molar-refractivity contribution in [2.24, 2.45) is 0 Å². The number of halogens is 3. The van der Waals surface area contributed by atoms with Crippen molar-refractivity contribution in [1.82, 2.24) is 14.9 Å². The van der Waals surface area contributed by atoms with E-state index in [-0.39, 0.29) is 58.5 Å². The van der Waals surface area contributed by atoms with Gasteiger partial charge in [-0.15, -0.1) is 13.2 Å². The molecule has 0 N–H and O–H groups in total. The quantitative estimate of drug-likeness (QED) is 0.351. The molecule has 0 saturated carbocycles. The molecule has 1 aromatic heterocycles. The van der Waals surface area contributed by atoms with Gasteiger partial charge < -0.3 is 14.4 Å². The zero-order chi connectivity index (χ0) is 27.2. The lowest BCUT2D eigenvalue weighted by atomic mass is 9.60. The maximum Gasteiger partial charge on any atom is 0.573 e. The number of amides is 1. The molecular formula is C21H9B7F3N3O3. The molecule has 6 nitrogen and oxygen atoms in total. The second-order valence-electron chi connectivity index (χ2n) is 7.97. The van der Waals surface area contributed by atoms with Gasteiger partial charge in [0, 0.05) is 12.4 Å².